The van der Waals surface area contributed by atoms with Gasteiger partial charge in [0.25, 0.3) is 0 Å². The number of amides is 1. The highest BCUT2D eigenvalue weighted by Gasteiger charge is 2.40. The van der Waals surface area contributed by atoms with Crippen molar-refractivity contribution in [1.29, 1.82) is 0 Å². The zero-order chi connectivity index (χ0) is 34.2. The topological polar surface area (TPSA) is 72.6 Å². The molecule has 49 heavy (non-hydrogen) atoms. The number of nitrogens with one attached hydrogen (secondary N) is 2. The van der Waals surface area contributed by atoms with Crippen LogP contribution in [-0.4, -0.2) is 91.6 Å². The molecule has 0 aliphatic carbocycles. The first-order valence-corrected chi connectivity index (χ1v) is 20.4. The molecular weight excluding hydrogens is 676 g/mol. The fourth-order valence-electron chi connectivity index (χ4n) is 7.50. The van der Waals surface area contributed by atoms with Crippen molar-refractivity contribution >= 4 is 47.1 Å². The molecule has 9 nitrogen and oxygen atoms in total. The van der Waals surface area contributed by atoms with Gasteiger partial charge in [-0.3, -0.25) is 23.6 Å². The van der Waals surface area contributed by atoms with Crippen LogP contribution in [0.3, 0.4) is 0 Å². The summed E-state index contributed by atoms with van der Waals surface area (Å²) in [5.74, 6) is 1.13. The SMILES string of the molecule is CCCCN1CN2CC(c3ccc(Cl)cc3CCC)COc3ccc(cc32)SNC(=O)C(C2CN(C3CCN(SC)CC3)C2)/C=C/CON1. The highest BCUT2D eigenvalue weighted by molar-refractivity contribution is 7.98. The average molecular weight is 729 g/mol. The van der Waals surface area contributed by atoms with Crippen LogP contribution in [0, 0.1) is 11.8 Å². The number of hydrogen-bond donors (Lipinski definition) is 2. The summed E-state index contributed by atoms with van der Waals surface area (Å²) in [5.41, 5.74) is 6.85. The quantitative estimate of drug-likeness (QED) is 0.214. The number of carbonyl (C=O) groups is 1. The third-order valence-corrected chi connectivity index (χ3v) is 12.2. The number of anilines is 1. The maximum Gasteiger partial charge on any atom is 0.237 e. The summed E-state index contributed by atoms with van der Waals surface area (Å²) in [4.78, 5) is 25.7. The van der Waals surface area contributed by atoms with Gasteiger partial charge in [0.2, 0.25) is 5.91 Å². The van der Waals surface area contributed by atoms with E-state index in [0.29, 0.717) is 31.8 Å². The zero-order valence-corrected chi connectivity index (χ0v) is 31.6. The van der Waals surface area contributed by atoms with Crippen LogP contribution >= 0.6 is 35.5 Å². The Morgan fingerprint density at radius 2 is 1.90 bits per heavy atom. The van der Waals surface area contributed by atoms with E-state index >= 15 is 0 Å². The van der Waals surface area contributed by atoms with E-state index in [0.717, 1.165) is 86.3 Å². The van der Waals surface area contributed by atoms with Crippen molar-refractivity contribution < 1.29 is 14.4 Å². The Morgan fingerprint density at radius 3 is 2.67 bits per heavy atom. The van der Waals surface area contributed by atoms with Gasteiger partial charge in [-0.2, -0.15) is 0 Å². The molecule has 2 fully saturated rings. The van der Waals surface area contributed by atoms with Gasteiger partial charge >= 0.3 is 0 Å². The molecule has 2 N–H and O–H groups in total. The number of hydrogen-bond acceptors (Lipinski definition) is 10. The molecule has 4 aliphatic heterocycles. The van der Waals surface area contributed by atoms with Gasteiger partial charge in [-0.05, 0) is 91.3 Å². The fraction of sp³-hybridized carbons (Fsp3) is 0.595. The van der Waals surface area contributed by atoms with E-state index in [-0.39, 0.29) is 17.7 Å². The van der Waals surface area contributed by atoms with E-state index in [9.17, 15) is 4.79 Å². The number of hydrazine groups is 1. The van der Waals surface area contributed by atoms with E-state index in [4.69, 9.17) is 21.2 Å². The number of benzene rings is 2. The molecule has 6 rings (SSSR count). The van der Waals surface area contributed by atoms with Gasteiger partial charge < -0.3 is 9.64 Å². The van der Waals surface area contributed by atoms with Crippen LogP contribution in [0.2, 0.25) is 5.02 Å². The number of rotatable bonds is 9. The first-order chi connectivity index (χ1) is 23.9. The van der Waals surface area contributed by atoms with Crippen LogP contribution in [0.4, 0.5) is 5.69 Å². The number of ether oxygens (including phenoxy) is 1. The molecule has 2 aromatic rings. The van der Waals surface area contributed by atoms with E-state index in [1.165, 1.54) is 35.9 Å². The monoisotopic (exact) mass is 728 g/mol. The van der Waals surface area contributed by atoms with Crippen LogP contribution in [0.5, 0.6) is 5.75 Å². The number of halogens is 1. The smallest absolute Gasteiger partial charge is 0.237 e. The maximum absolute atomic E-state index is 13.8. The number of fused-ring (bicyclic) bond motifs is 1. The van der Waals surface area contributed by atoms with Crippen LogP contribution in [0.15, 0.2) is 53.4 Å². The minimum absolute atomic E-state index is 0.0461. The third kappa shape index (κ3) is 9.48. The van der Waals surface area contributed by atoms with Crippen LogP contribution in [0.1, 0.15) is 63.0 Å². The molecule has 12 heteroatoms. The number of aryl methyl sites for hydroxylation is 1. The van der Waals surface area contributed by atoms with E-state index in [1.54, 1.807) is 0 Å². The summed E-state index contributed by atoms with van der Waals surface area (Å²) in [6, 6.07) is 13.2. The molecule has 2 aromatic carbocycles. The number of likely N-dealkylation sites (tertiary alicyclic amines) is 1. The average Bonchev–Trinajstić information content (AvgIpc) is 3.27. The first-order valence-electron chi connectivity index (χ1n) is 18.0. The second-order valence-corrected chi connectivity index (χ2v) is 15.9. The Balaban J connectivity index is 1.21. The molecule has 2 atom stereocenters. The molecule has 2 saturated heterocycles. The predicted molar refractivity (Wildman–Crippen MR) is 203 cm³/mol. The molecule has 1 amide bonds. The van der Waals surface area contributed by atoms with Crippen molar-refractivity contribution in [1.82, 2.24) is 24.5 Å². The molecule has 4 aliphatic rings. The Morgan fingerprint density at radius 1 is 1.06 bits per heavy atom. The molecule has 0 spiro atoms. The summed E-state index contributed by atoms with van der Waals surface area (Å²) in [7, 11) is 0. The minimum atomic E-state index is -0.210. The summed E-state index contributed by atoms with van der Waals surface area (Å²) in [6.45, 7) is 11.8. The normalized spacial score (nSPS) is 24.7. The Kier molecular flexibility index (Phi) is 13.5. The third-order valence-electron chi connectivity index (χ3n) is 10.3. The van der Waals surface area contributed by atoms with Crippen LogP contribution < -0.4 is 19.9 Å². The largest absolute Gasteiger partial charge is 0.491 e. The van der Waals surface area contributed by atoms with Crippen molar-refractivity contribution in [3.8, 4) is 5.75 Å². The molecule has 4 heterocycles. The summed E-state index contributed by atoms with van der Waals surface area (Å²) < 4.78 is 12.2. The van der Waals surface area contributed by atoms with Gasteiger partial charge in [0, 0.05) is 61.1 Å². The van der Waals surface area contributed by atoms with E-state index in [2.05, 4.69) is 85.9 Å². The number of piperidine rings is 1. The minimum Gasteiger partial charge on any atom is -0.491 e. The summed E-state index contributed by atoms with van der Waals surface area (Å²) >= 11 is 9.70. The van der Waals surface area contributed by atoms with Crippen LogP contribution in [0.25, 0.3) is 0 Å². The van der Waals surface area contributed by atoms with Gasteiger partial charge in [-0.15, -0.1) is 5.59 Å². The van der Waals surface area contributed by atoms with E-state index < -0.39 is 0 Å². The van der Waals surface area contributed by atoms with Gasteiger partial charge in [0.1, 0.15) is 5.75 Å². The molecular formula is C37H53ClN6O3S2. The predicted octanol–water partition coefficient (Wildman–Crippen LogP) is 6.75. The van der Waals surface area contributed by atoms with Crippen molar-refractivity contribution in [3.63, 3.8) is 0 Å². The molecule has 0 radical (unpaired) electrons. The highest BCUT2D eigenvalue weighted by Crippen LogP contribution is 2.39. The van der Waals surface area contributed by atoms with E-state index in [1.807, 2.05) is 24.1 Å². The zero-order valence-electron chi connectivity index (χ0n) is 29.2. The van der Waals surface area contributed by atoms with Gasteiger partial charge in [0.05, 0.1) is 31.5 Å². The van der Waals surface area contributed by atoms with Gasteiger partial charge in [-0.25, -0.2) is 5.01 Å². The summed E-state index contributed by atoms with van der Waals surface area (Å²) in [6.07, 6.45) is 12.8. The lowest BCUT2D eigenvalue weighted by Gasteiger charge is -2.48. The number of carbonyl (C=O) groups excluding carboxylic acids is 1. The fourth-order valence-corrected chi connectivity index (χ4v) is 8.93. The standard InChI is InChI=1S/C37H53ClN6O3S2/c1-4-6-16-43-26-42-24-29(33-12-10-30(38)20-27(33)8-5-2)25-46-36-13-11-32(21-35(36)42)49-39-37(45)34(9-7-19-47-40-43)28-22-41(23-28)31-14-17-44(48-3)18-15-31/h7,9-13,20-21,28-29,31,34,40H,4-6,8,14-19,22-26H2,1-3H3,(H,39,45)/b9-7+. The Labute approximate surface area is 306 Å². The lowest BCUT2D eigenvalue weighted by molar-refractivity contribution is -0.125. The van der Waals surface area contributed by atoms with Crippen molar-refractivity contribution in [2.75, 3.05) is 70.3 Å². The lowest BCUT2D eigenvalue weighted by atomic mass is 9.83. The Hall–Kier alpha value is -1.96. The first kappa shape index (κ1) is 36.8. The van der Waals surface area contributed by atoms with Crippen LogP contribution in [-0.2, 0) is 16.1 Å². The van der Waals surface area contributed by atoms with Gasteiger partial charge in [-0.1, -0.05) is 68.5 Å². The highest BCUT2D eigenvalue weighted by atomic mass is 35.5. The molecule has 2 unspecified atom stereocenters. The molecule has 2 bridgehead atoms. The molecule has 0 aromatic heterocycles. The molecule has 268 valence electrons. The Bertz CT molecular complexity index is 1420. The van der Waals surface area contributed by atoms with Crippen molar-refractivity contribution in [2.45, 2.75) is 69.2 Å². The lowest BCUT2D eigenvalue weighted by Crippen LogP contribution is -2.57. The molecule has 0 saturated carbocycles. The second-order valence-electron chi connectivity index (χ2n) is 13.7. The van der Waals surface area contributed by atoms with Gasteiger partial charge in [0.15, 0.2) is 0 Å². The number of nitrogens with zero attached hydrogens (tertiary/aromatic N) is 4. The second kappa shape index (κ2) is 18.0. The maximum atomic E-state index is 13.8. The summed E-state index contributed by atoms with van der Waals surface area (Å²) in [5, 5.41) is 2.93. The van der Waals surface area contributed by atoms with Crippen molar-refractivity contribution in [2.24, 2.45) is 11.8 Å². The van der Waals surface area contributed by atoms with Crippen molar-refractivity contribution in [3.05, 3.63) is 64.7 Å². The number of unbranched alkanes of at least 4 members (excludes halogenated alkanes) is 1.